The van der Waals surface area contributed by atoms with Crippen molar-refractivity contribution in [1.82, 2.24) is 19.9 Å². The van der Waals surface area contributed by atoms with E-state index in [9.17, 15) is 9.90 Å². The average molecular weight is 527 g/mol. The van der Waals surface area contributed by atoms with Crippen LogP contribution in [0.25, 0.3) is 10.9 Å². The van der Waals surface area contributed by atoms with E-state index in [-0.39, 0.29) is 0 Å². The summed E-state index contributed by atoms with van der Waals surface area (Å²) in [5.74, 6) is 0.595. The molecule has 198 valence electrons. The van der Waals surface area contributed by atoms with Gasteiger partial charge in [0.15, 0.2) is 0 Å². The second kappa shape index (κ2) is 13.5. The molecule has 0 saturated heterocycles. The van der Waals surface area contributed by atoms with Crippen molar-refractivity contribution in [1.29, 1.82) is 0 Å². The van der Waals surface area contributed by atoms with E-state index in [0.717, 1.165) is 79.2 Å². The Bertz CT molecular complexity index is 1190. The zero-order valence-corrected chi connectivity index (χ0v) is 22.0. The van der Waals surface area contributed by atoms with E-state index >= 15 is 0 Å². The number of aryl methyl sites for hydroxylation is 2. The van der Waals surface area contributed by atoms with Crippen molar-refractivity contribution in [3.05, 3.63) is 52.9 Å². The number of nitrogens with one attached hydrogen (secondary N) is 2. The summed E-state index contributed by atoms with van der Waals surface area (Å²) < 4.78 is 5.29. The Morgan fingerprint density at radius 3 is 2.95 bits per heavy atom. The first-order chi connectivity index (χ1) is 18.0. The molecular formula is C27H35ClN6O3. The number of carbonyl (C=O) groups is 1. The number of aromatic nitrogens is 3. The lowest BCUT2D eigenvalue weighted by Crippen LogP contribution is -2.37. The van der Waals surface area contributed by atoms with Crippen molar-refractivity contribution >= 4 is 40.1 Å². The van der Waals surface area contributed by atoms with Gasteiger partial charge in [-0.15, -0.1) is 0 Å². The fourth-order valence-electron chi connectivity index (χ4n) is 4.61. The Morgan fingerprint density at radius 2 is 2.11 bits per heavy atom. The molecule has 4 rings (SSSR count). The van der Waals surface area contributed by atoms with Crippen molar-refractivity contribution in [3.8, 4) is 0 Å². The number of ether oxygens (including phenoxy) is 1. The number of aliphatic carboxylic acids is 1. The lowest BCUT2D eigenvalue weighted by Gasteiger charge is -2.24. The third kappa shape index (κ3) is 7.50. The van der Waals surface area contributed by atoms with Crippen LogP contribution < -0.4 is 10.6 Å². The van der Waals surface area contributed by atoms with E-state index in [4.69, 9.17) is 21.3 Å². The quantitative estimate of drug-likeness (QED) is 0.265. The minimum absolute atomic E-state index is 0.432. The first-order valence-corrected chi connectivity index (χ1v) is 13.3. The molecule has 1 aliphatic rings. The number of rotatable bonds is 14. The molecule has 10 heteroatoms. The van der Waals surface area contributed by atoms with Gasteiger partial charge in [-0.25, -0.2) is 19.7 Å². The molecule has 0 spiro atoms. The van der Waals surface area contributed by atoms with Crippen LogP contribution in [0.3, 0.4) is 0 Å². The summed E-state index contributed by atoms with van der Waals surface area (Å²) in [4.78, 5) is 27.6. The van der Waals surface area contributed by atoms with Gasteiger partial charge in [0.1, 0.15) is 24.0 Å². The molecule has 0 unspecified atom stereocenters. The number of pyridine rings is 1. The molecule has 0 bridgehead atoms. The Morgan fingerprint density at radius 1 is 1.24 bits per heavy atom. The number of carboxylic acids is 1. The van der Waals surface area contributed by atoms with E-state index in [2.05, 4.69) is 31.6 Å². The van der Waals surface area contributed by atoms with Crippen LogP contribution in [0.4, 0.5) is 11.6 Å². The number of hydrogen-bond donors (Lipinski definition) is 3. The number of nitrogens with zero attached hydrogens (tertiary/aromatic N) is 4. The van der Waals surface area contributed by atoms with Gasteiger partial charge in [-0.3, -0.25) is 0 Å². The van der Waals surface area contributed by atoms with E-state index in [1.165, 1.54) is 11.9 Å². The van der Waals surface area contributed by atoms with E-state index in [1.54, 1.807) is 7.11 Å². The van der Waals surface area contributed by atoms with Gasteiger partial charge in [0.25, 0.3) is 0 Å². The minimum atomic E-state index is -0.906. The number of methoxy groups -OCH3 is 1. The topological polar surface area (TPSA) is 113 Å². The maximum Gasteiger partial charge on any atom is 0.326 e. The summed E-state index contributed by atoms with van der Waals surface area (Å²) in [6, 6.07) is 8.84. The van der Waals surface area contributed by atoms with Crippen LogP contribution in [0.2, 0.25) is 5.02 Å². The van der Waals surface area contributed by atoms with Crippen molar-refractivity contribution in [2.45, 2.75) is 44.6 Å². The fourth-order valence-corrected chi connectivity index (χ4v) is 4.88. The highest BCUT2D eigenvalue weighted by molar-refractivity contribution is 6.31. The van der Waals surface area contributed by atoms with Crippen LogP contribution in [-0.4, -0.2) is 76.9 Å². The molecule has 0 radical (unpaired) electrons. The van der Waals surface area contributed by atoms with Gasteiger partial charge in [-0.2, -0.15) is 0 Å². The largest absolute Gasteiger partial charge is 0.480 e. The zero-order chi connectivity index (χ0) is 26.0. The van der Waals surface area contributed by atoms with Gasteiger partial charge in [0, 0.05) is 32.1 Å². The maximum atomic E-state index is 12.0. The molecule has 1 atom stereocenters. The molecule has 37 heavy (non-hydrogen) atoms. The second-order valence-electron chi connectivity index (χ2n) is 9.31. The van der Waals surface area contributed by atoms with E-state index < -0.39 is 12.0 Å². The number of unbranched alkanes of at least 4 members (excludes halogenated alkanes) is 1. The van der Waals surface area contributed by atoms with Crippen LogP contribution in [0.5, 0.6) is 0 Å². The van der Waals surface area contributed by atoms with Gasteiger partial charge >= 0.3 is 5.97 Å². The fraction of sp³-hybridized carbons (Fsp3) is 0.481. The lowest BCUT2D eigenvalue weighted by atomic mass is 10.1. The molecule has 0 aliphatic carbocycles. The summed E-state index contributed by atoms with van der Waals surface area (Å²) in [5, 5.41) is 17.9. The number of halogens is 1. The molecule has 3 aromatic rings. The SMILES string of the molecule is COCCN(CCCCc1nc2c(cc1Cl)CCCN2)CC[C@H](Nc1ncnc2ccccc12)C(=O)O. The average Bonchev–Trinajstić information content (AvgIpc) is 2.91. The predicted molar refractivity (Wildman–Crippen MR) is 147 cm³/mol. The smallest absolute Gasteiger partial charge is 0.326 e. The zero-order valence-electron chi connectivity index (χ0n) is 21.3. The Labute approximate surface area is 222 Å². The standard InChI is InChI=1S/C27H35ClN6O3/c1-37-16-15-34(13-5-4-10-23-21(28)17-19-7-6-12-29-25(19)32-23)14-11-24(27(35)36)33-26-20-8-2-3-9-22(20)30-18-31-26/h2-3,8-9,17-18,24H,4-7,10-16H2,1H3,(H,29,32)(H,35,36)(H,30,31,33)/t24-/m0/s1. The monoisotopic (exact) mass is 526 g/mol. The maximum absolute atomic E-state index is 12.0. The molecule has 3 N–H and O–H groups in total. The molecule has 1 aromatic carbocycles. The highest BCUT2D eigenvalue weighted by Gasteiger charge is 2.20. The number of para-hydroxylation sites is 1. The molecule has 0 saturated carbocycles. The van der Waals surface area contributed by atoms with Gasteiger partial charge in [-0.1, -0.05) is 23.7 Å². The van der Waals surface area contributed by atoms with E-state index in [0.29, 0.717) is 25.4 Å². The number of anilines is 2. The molecule has 0 fully saturated rings. The molecule has 0 amide bonds. The van der Waals surface area contributed by atoms with Gasteiger partial charge in [0.2, 0.25) is 0 Å². The number of fused-ring (bicyclic) bond motifs is 2. The highest BCUT2D eigenvalue weighted by Crippen LogP contribution is 2.26. The van der Waals surface area contributed by atoms with Crippen molar-refractivity contribution in [3.63, 3.8) is 0 Å². The minimum Gasteiger partial charge on any atom is -0.480 e. The predicted octanol–water partition coefficient (Wildman–Crippen LogP) is 4.26. The van der Waals surface area contributed by atoms with Gasteiger partial charge in [-0.05, 0) is 68.8 Å². The number of carboxylic acid groups (broad SMARTS) is 1. The van der Waals surface area contributed by atoms with Crippen LogP contribution in [-0.2, 0) is 22.4 Å². The van der Waals surface area contributed by atoms with Crippen molar-refractivity contribution in [2.75, 3.05) is 50.5 Å². The van der Waals surface area contributed by atoms with Crippen LogP contribution in [0, 0.1) is 0 Å². The first-order valence-electron chi connectivity index (χ1n) is 12.9. The molecular weight excluding hydrogens is 492 g/mol. The lowest BCUT2D eigenvalue weighted by molar-refractivity contribution is -0.138. The van der Waals surface area contributed by atoms with Crippen molar-refractivity contribution < 1.29 is 14.6 Å². The summed E-state index contributed by atoms with van der Waals surface area (Å²) in [6.45, 7) is 3.74. The second-order valence-corrected chi connectivity index (χ2v) is 9.72. The Balaban J connectivity index is 1.31. The van der Waals surface area contributed by atoms with Gasteiger partial charge in [0.05, 0.1) is 22.8 Å². The van der Waals surface area contributed by atoms with E-state index in [1.807, 2.05) is 24.3 Å². The molecule has 3 heterocycles. The summed E-state index contributed by atoms with van der Waals surface area (Å²) in [6.07, 6.45) is 6.72. The summed E-state index contributed by atoms with van der Waals surface area (Å²) in [7, 11) is 1.68. The number of benzene rings is 1. The molecule has 2 aromatic heterocycles. The highest BCUT2D eigenvalue weighted by atomic mass is 35.5. The first kappa shape index (κ1) is 27.0. The number of hydrogen-bond acceptors (Lipinski definition) is 8. The Hall–Kier alpha value is -3.01. The van der Waals surface area contributed by atoms with Crippen molar-refractivity contribution in [2.24, 2.45) is 0 Å². The molecule has 1 aliphatic heterocycles. The van der Waals surface area contributed by atoms with Gasteiger partial charge < -0.3 is 25.4 Å². The van der Waals surface area contributed by atoms with Crippen LogP contribution in [0.1, 0.15) is 36.9 Å². The summed E-state index contributed by atoms with van der Waals surface area (Å²) >= 11 is 6.50. The third-order valence-corrected chi connectivity index (χ3v) is 7.01. The molecule has 9 nitrogen and oxygen atoms in total. The Kier molecular flexibility index (Phi) is 9.87. The van der Waals surface area contributed by atoms with Crippen LogP contribution >= 0.6 is 11.6 Å². The summed E-state index contributed by atoms with van der Waals surface area (Å²) in [5.41, 5.74) is 2.91. The van der Waals surface area contributed by atoms with Crippen LogP contribution in [0.15, 0.2) is 36.7 Å². The normalized spacial score (nSPS) is 13.8. The third-order valence-electron chi connectivity index (χ3n) is 6.68.